The summed E-state index contributed by atoms with van der Waals surface area (Å²) in [4.78, 5) is 27.7. The van der Waals surface area contributed by atoms with Gasteiger partial charge in [-0.15, -0.1) is 0 Å². The number of halogens is 2. The number of nitrogens with one attached hydrogen (secondary N) is 1. The van der Waals surface area contributed by atoms with Crippen LogP contribution in [0.25, 0.3) is 0 Å². The van der Waals surface area contributed by atoms with Crippen molar-refractivity contribution in [3.05, 3.63) is 52.0 Å². The second-order valence-electron chi connectivity index (χ2n) is 8.27. The molecule has 9 heteroatoms. The van der Waals surface area contributed by atoms with Crippen LogP contribution in [-0.4, -0.2) is 49.6 Å². The van der Waals surface area contributed by atoms with E-state index in [1.807, 2.05) is 0 Å². The highest BCUT2D eigenvalue weighted by atomic mass is 35.5. The third-order valence-corrected chi connectivity index (χ3v) is 6.63. The van der Waals surface area contributed by atoms with Crippen molar-refractivity contribution >= 4 is 35.0 Å². The molecule has 0 saturated heterocycles. The van der Waals surface area contributed by atoms with Crippen LogP contribution in [0.4, 0.5) is 0 Å². The van der Waals surface area contributed by atoms with Gasteiger partial charge in [-0.05, 0) is 37.5 Å². The largest absolute Gasteiger partial charge is 0.496 e. The van der Waals surface area contributed by atoms with Crippen molar-refractivity contribution in [3.63, 3.8) is 0 Å². The summed E-state index contributed by atoms with van der Waals surface area (Å²) >= 11 is 12.2. The number of benzene rings is 2. The van der Waals surface area contributed by atoms with E-state index in [9.17, 15) is 9.59 Å². The van der Waals surface area contributed by atoms with Crippen molar-refractivity contribution in [3.8, 4) is 17.2 Å². The molecule has 184 valence electrons. The molecule has 1 fully saturated rings. The van der Waals surface area contributed by atoms with Gasteiger partial charge in [0.2, 0.25) is 5.91 Å². The van der Waals surface area contributed by atoms with Crippen LogP contribution in [0.5, 0.6) is 17.2 Å². The van der Waals surface area contributed by atoms with Crippen molar-refractivity contribution < 1.29 is 23.8 Å². The molecular formula is C25H30Cl2N2O5. The first kappa shape index (κ1) is 26.0. The lowest BCUT2D eigenvalue weighted by molar-refractivity contribution is -0.142. The van der Waals surface area contributed by atoms with Crippen LogP contribution in [0, 0.1) is 0 Å². The third kappa shape index (κ3) is 6.93. The maximum Gasteiger partial charge on any atom is 0.261 e. The molecule has 0 aliphatic heterocycles. The van der Waals surface area contributed by atoms with Crippen molar-refractivity contribution in [2.75, 3.05) is 20.8 Å². The number of hydrogen-bond acceptors (Lipinski definition) is 5. The smallest absolute Gasteiger partial charge is 0.261 e. The van der Waals surface area contributed by atoms with E-state index in [0.717, 1.165) is 31.2 Å². The molecule has 34 heavy (non-hydrogen) atoms. The molecular weight excluding hydrogens is 479 g/mol. The third-order valence-electron chi connectivity index (χ3n) is 5.89. The Labute approximate surface area is 210 Å². The van der Waals surface area contributed by atoms with Gasteiger partial charge in [-0.1, -0.05) is 42.1 Å². The Kier molecular flexibility index (Phi) is 9.30. The Morgan fingerprint density at radius 2 is 1.62 bits per heavy atom. The van der Waals surface area contributed by atoms with Gasteiger partial charge >= 0.3 is 0 Å². The number of rotatable bonds is 10. The number of hydrogen-bond donors (Lipinski definition) is 1. The van der Waals surface area contributed by atoms with Gasteiger partial charge in [-0.3, -0.25) is 9.59 Å². The molecule has 0 spiro atoms. The first-order valence-corrected chi connectivity index (χ1v) is 12.0. The van der Waals surface area contributed by atoms with Gasteiger partial charge in [0.05, 0.1) is 24.3 Å². The van der Waals surface area contributed by atoms with Gasteiger partial charge in [-0.25, -0.2) is 0 Å². The van der Waals surface area contributed by atoms with Crippen LogP contribution < -0.4 is 19.5 Å². The van der Waals surface area contributed by atoms with Crippen LogP contribution in [-0.2, 0) is 16.1 Å². The van der Waals surface area contributed by atoms with Gasteiger partial charge in [0.15, 0.2) is 6.61 Å². The molecule has 1 unspecified atom stereocenters. The molecule has 0 aromatic heterocycles. The van der Waals surface area contributed by atoms with E-state index in [-0.39, 0.29) is 31.0 Å². The van der Waals surface area contributed by atoms with E-state index in [1.54, 1.807) is 43.3 Å². The number of carbonyl (C=O) groups excluding carboxylic acids is 2. The number of methoxy groups -OCH3 is 2. The number of nitrogens with zero attached hydrogens (tertiary/aromatic N) is 1. The summed E-state index contributed by atoms with van der Waals surface area (Å²) < 4.78 is 16.3. The van der Waals surface area contributed by atoms with Gasteiger partial charge in [0.1, 0.15) is 23.3 Å². The molecule has 0 heterocycles. The minimum Gasteiger partial charge on any atom is -0.496 e. The highest BCUT2D eigenvalue weighted by Gasteiger charge is 2.29. The summed E-state index contributed by atoms with van der Waals surface area (Å²) in [6.45, 7) is 1.63. The molecule has 7 nitrogen and oxygen atoms in total. The summed E-state index contributed by atoms with van der Waals surface area (Å²) in [7, 11) is 3.07. The van der Waals surface area contributed by atoms with E-state index < -0.39 is 6.04 Å². The average molecular weight is 509 g/mol. The molecule has 1 aliphatic rings. The summed E-state index contributed by atoms with van der Waals surface area (Å²) in [6.07, 6.45) is 4.12. The Morgan fingerprint density at radius 3 is 2.21 bits per heavy atom. The van der Waals surface area contributed by atoms with Crippen LogP contribution in [0.3, 0.4) is 0 Å². The van der Waals surface area contributed by atoms with E-state index in [4.69, 9.17) is 37.4 Å². The number of amides is 2. The molecule has 0 bridgehead atoms. The Bertz CT molecular complexity index is 989. The Balaban J connectivity index is 1.76. The lowest BCUT2D eigenvalue weighted by atomic mass is 10.1. The maximum absolute atomic E-state index is 13.3. The van der Waals surface area contributed by atoms with Crippen LogP contribution >= 0.6 is 23.2 Å². The molecule has 1 N–H and O–H groups in total. The van der Waals surface area contributed by atoms with E-state index >= 15 is 0 Å². The van der Waals surface area contributed by atoms with E-state index in [0.29, 0.717) is 27.3 Å². The fourth-order valence-electron chi connectivity index (χ4n) is 3.90. The van der Waals surface area contributed by atoms with Crippen LogP contribution in [0.1, 0.15) is 38.2 Å². The molecule has 2 amide bonds. The lowest BCUT2D eigenvalue weighted by Gasteiger charge is -2.29. The zero-order valence-corrected chi connectivity index (χ0v) is 21.1. The lowest BCUT2D eigenvalue weighted by Crippen LogP contribution is -2.50. The standard InChI is InChI=1S/C25H30Cl2N2O5/c1-16(25(31)28-18-6-4-5-7-18)29(14-17-8-9-22(26)23(27)10-17)24(30)15-34-21-12-19(32-2)11-20(13-21)33-3/h8-13,16,18H,4-7,14-15H2,1-3H3,(H,28,31). The Morgan fingerprint density at radius 1 is 1.00 bits per heavy atom. The van der Waals surface area contributed by atoms with Crippen molar-refractivity contribution in [2.45, 2.75) is 51.2 Å². The Hall–Kier alpha value is -2.64. The monoisotopic (exact) mass is 508 g/mol. The minimum absolute atomic E-state index is 0.150. The van der Waals surface area contributed by atoms with Crippen molar-refractivity contribution in [2.24, 2.45) is 0 Å². The fourth-order valence-corrected chi connectivity index (χ4v) is 4.22. The molecule has 1 atom stereocenters. The molecule has 1 saturated carbocycles. The topological polar surface area (TPSA) is 77.1 Å². The SMILES string of the molecule is COc1cc(OC)cc(OCC(=O)N(Cc2ccc(Cl)c(Cl)c2)C(C)C(=O)NC2CCCC2)c1. The zero-order valence-electron chi connectivity index (χ0n) is 19.6. The highest BCUT2D eigenvalue weighted by Crippen LogP contribution is 2.28. The normalized spacial score (nSPS) is 14.4. The fraction of sp³-hybridized carbons (Fsp3) is 0.440. The predicted octanol–water partition coefficient (Wildman–Crippen LogP) is 4.87. The quantitative estimate of drug-likeness (QED) is 0.495. The summed E-state index contributed by atoms with van der Waals surface area (Å²) in [5, 5.41) is 3.88. The molecule has 1 aliphatic carbocycles. The summed E-state index contributed by atoms with van der Waals surface area (Å²) in [5.41, 5.74) is 0.756. The zero-order chi connectivity index (χ0) is 24.7. The minimum atomic E-state index is -0.703. The maximum atomic E-state index is 13.3. The first-order valence-electron chi connectivity index (χ1n) is 11.2. The summed E-state index contributed by atoms with van der Waals surface area (Å²) in [5.74, 6) is 0.963. The van der Waals surface area contributed by atoms with Crippen molar-refractivity contribution in [1.29, 1.82) is 0 Å². The van der Waals surface area contributed by atoms with Crippen LogP contribution in [0.15, 0.2) is 36.4 Å². The van der Waals surface area contributed by atoms with Gasteiger partial charge < -0.3 is 24.4 Å². The van der Waals surface area contributed by atoms with Gasteiger partial charge in [-0.2, -0.15) is 0 Å². The number of ether oxygens (including phenoxy) is 3. The summed E-state index contributed by atoms with van der Waals surface area (Å²) in [6, 6.07) is 9.63. The molecule has 3 rings (SSSR count). The second kappa shape index (κ2) is 12.2. The number of carbonyl (C=O) groups is 2. The van der Waals surface area contributed by atoms with E-state index in [1.165, 1.54) is 19.1 Å². The van der Waals surface area contributed by atoms with E-state index in [2.05, 4.69) is 5.32 Å². The van der Waals surface area contributed by atoms with Gasteiger partial charge in [0.25, 0.3) is 5.91 Å². The molecule has 0 radical (unpaired) electrons. The molecule has 2 aromatic rings. The second-order valence-corrected chi connectivity index (χ2v) is 9.09. The van der Waals surface area contributed by atoms with Crippen LogP contribution in [0.2, 0.25) is 10.0 Å². The predicted molar refractivity (Wildman–Crippen MR) is 132 cm³/mol. The van der Waals surface area contributed by atoms with Crippen molar-refractivity contribution in [1.82, 2.24) is 10.2 Å². The highest BCUT2D eigenvalue weighted by molar-refractivity contribution is 6.42. The van der Waals surface area contributed by atoms with Gasteiger partial charge in [0, 0.05) is 30.8 Å². The first-order chi connectivity index (χ1) is 16.3. The average Bonchev–Trinajstić information content (AvgIpc) is 3.35. The molecule has 2 aromatic carbocycles.